The van der Waals surface area contributed by atoms with Gasteiger partial charge in [0.15, 0.2) is 0 Å². The second-order valence-corrected chi connectivity index (χ2v) is 4.05. The summed E-state index contributed by atoms with van der Waals surface area (Å²) in [4.78, 5) is 15.1. The number of nitrogens with zero attached hydrogens (tertiary/aromatic N) is 1. The molecular weight excluding hydrogens is 255 g/mol. The van der Waals surface area contributed by atoms with Gasteiger partial charge in [-0.1, -0.05) is 29.8 Å². The number of aromatic nitrogens is 1. The number of hydrogen-bond acceptors (Lipinski definition) is 2. The first-order valence-corrected chi connectivity index (χ1v) is 5.68. The summed E-state index contributed by atoms with van der Waals surface area (Å²) in [7, 11) is 0. The predicted molar refractivity (Wildman–Crippen MR) is 66.8 cm³/mol. The van der Waals surface area contributed by atoms with Gasteiger partial charge in [0.1, 0.15) is 0 Å². The summed E-state index contributed by atoms with van der Waals surface area (Å²) >= 11 is 5.96. The Bertz CT molecular complexity index is 557. The minimum atomic E-state index is -0.613. The van der Waals surface area contributed by atoms with Crippen molar-refractivity contribution in [3.63, 3.8) is 0 Å². The first kappa shape index (κ1) is 12.5. The van der Waals surface area contributed by atoms with Gasteiger partial charge < -0.3 is 5.32 Å². The molecule has 0 saturated carbocycles. The number of halogens is 2. The number of carbonyl (C=O) groups is 1. The number of pyridine rings is 1. The van der Waals surface area contributed by atoms with Gasteiger partial charge >= 0.3 is 0 Å². The molecule has 0 spiro atoms. The lowest BCUT2D eigenvalue weighted by molar-refractivity contribution is 0.0950. The van der Waals surface area contributed by atoms with Crippen molar-refractivity contribution in [1.29, 1.82) is 0 Å². The lowest BCUT2D eigenvalue weighted by Gasteiger charge is -2.06. The largest absolute Gasteiger partial charge is 0.348 e. The Balaban J connectivity index is 2.01. The van der Waals surface area contributed by atoms with Crippen LogP contribution >= 0.6 is 11.6 Å². The van der Waals surface area contributed by atoms with Gasteiger partial charge in [-0.25, -0.2) is 4.98 Å². The highest BCUT2D eigenvalue weighted by molar-refractivity contribution is 6.31. The van der Waals surface area contributed by atoms with E-state index in [2.05, 4.69) is 10.3 Å². The van der Waals surface area contributed by atoms with Gasteiger partial charge in [0.25, 0.3) is 5.91 Å². The van der Waals surface area contributed by atoms with Crippen molar-refractivity contribution in [2.24, 2.45) is 0 Å². The summed E-state index contributed by atoms with van der Waals surface area (Å²) < 4.78 is 12.6. The van der Waals surface area contributed by atoms with Crippen LogP contribution in [0.3, 0.4) is 0 Å². The van der Waals surface area contributed by atoms with Crippen LogP contribution in [0.25, 0.3) is 0 Å². The average molecular weight is 265 g/mol. The number of hydrogen-bond donors (Lipinski definition) is 1. The standard InChI is InChI=1S/C13H10ClFN2O/c14-11-4-2-1-3-9(11)7-17-13(18)10-5-6-12(15)16-8-10/h1-6,8H,7H2,(H,17,18). The molecule has 0 unspecified atom stereocenters. The number of nitrogens with one attached hydrogen (secondary N) is 1. The summed E-state index contributed by atoms with van der Waals surface area (Å²) in [6.45, 7) is 0.315. The molecule has 1 heterocycles. The van der Waals surface area contributed by atoms with E-state index in [1.807, 2.05) is 18.2 Å². The van der Waals surface area contributed by atoms with Crippen LogP contribution in [0.15, 0.2) is 42.6 Å². The fraction of sp³-hybridized carbons (Fsp3) is 0.0769. The predicted octanol–water partition coefficient (Wildman–Crippen LogP) is 2.80. The van der Waals surface area contributed by atoms with Crippen LogP contribution in [0.5, 0.6) is 0 Å². The Morgan fingerprint density at radius 3 is 2.72 bits per heavy atom. The Kier molecular flexibility index (Phi) is 3.89. The van der Waals surface area contributed by atoms with Crippen LogP contribution in [-0.2, 0) is 6.54 Å². The second kappa shape index (κ2) is 5.60. The molecule has 92 valence electrons. The van der Waals surface area contributed by atoms with E-state index in [-0.39, 0.29) is 5.91 Å². The minimum absolute atomic E-state index is 0.309. The summed E-state index contributed by atoms with van der Waals surface area (Å²) in [6, 6.07) is 9.76. The van der Waals surface area contributed by atoms with E-state index in [0.29, 0.717) is 17.1 Å². The van der Waals surface area contributed by atoms with Gasteiger partial charge in [-0.2, -0.15) is 4.39 Å². The summed E-state index contributed by atoms with van der Waals surface area (Å²) in [6.07, 6.45) is 1.19. The molecule has 0 aliphatic heterocycles. The third-order valence-electron chi connectivity index (χ3n) is 2.39. The van der Waals surface area contributed by atoms with E-state index in [9.17, 15) is 9.18 Å². The minimum Gasteiger partial charge on any atom is -0.348 e. The number of carbonyl (C=O) groups excluding carboxylic acids is 1. The maximum atomic E-state index is 12.6. The molecule has 2 aromatic rings. The van der Waals surface area contributed by atoms with Crippen molar-refractivity contribution in [1.82, 2.24) is 10.3 Å². The van der Waals surface area contributed by atoms with Gasteiger partial charge in [-0.15, -0.1) is 0 Å². The molecule has 0 aliphatic rings. The van der Waals surface area contributed by atoms with Crippen molar-refractivity contribution in [3.05, 3.63) is 64.7 Å². The van der Waals surface area contributed by atoms with Crippen LogP contribution in [-0.4, -0.2) is 10.9 Å². The summed E-state index contributed by atoms with van der Waals surface area (Å²) in [5.41, 5.74) is 1.13. The molecule has 3 nitrogen and oxygen atoms in total. The van der Waals surface area contributed by atoms with Crippen molar-refractivity contribution >= 4 is 17.5 Å². The second-order valence-electron chi connectivity index (χ2n) is 3.64. The number of benzene rings is 1. The van der Waals surface area contributed by atoms with Gasteiger partial charge in [0, 0.05) is 17.8 Å². The first-order chi connectivity index (χ1) is 8.66. The van der Waals surface area contributed by atoms with E-state index in [0.717, 1.165) is 11.6 Å². The van der Waals surface area contributed by atoms with Crippen molar-refractivity contribution in [2.45, 2.75) is 6.54 Å². The van der Waals surface area contributed by atoms with E-state index in [1.165, 1.54) is 12.3 Å². The molecule has 1 N–H and O–H groups in total. The maximum Gasteiger partial charge on any atom is 0.253 e. The zero-order valence-corrected chi connectivity index (χ0v) is 10.1. The van der Waals surface area contributed by atoms with Gasteiger partial charge in [-0.3, -0.25) is 4.79 Å². The molecule has 0 aliphatic carbocycles. The fourth-order valence-electron chi connectivity index (χ4n) is 1.43. The molecule has 18 heavy (non-hydrogen) atoms. The molecule has 0 fully saturated rings. The molecular formula is C13H10ClFN2O. The lowest BCUT2D eigenvalue weighted by Crippen LogP contribution is -2.23. The van der Waals surface area contributed by atoms with Crippen LogP contribution in [0, 0.1) is 5.95 Å². The number of amides is 1. The molecule has 1 aromatic carbocycles. The van der Waals surface area contributed by atoms with Gasteiger partial charge in [0.05, 0.1) is 5.56 Å². The molecule has 0 radical (unpaired) electrons. The van der Waals surface area contributed by atoms with Crippen LogP contribution < -0.4 is 5.32 Å². The first-order valence-electron chi connectivity index (χ1n) is 5.30. The maximum absolute atomic E-state index is 12.6. The Labute approximate surface area is 109 Å². The highest BCUT2D eigenvalue weighted by atomic mass is 35.5. The van der Waals surface area contributed by atoms with Gasteiger partial charge in [0.2, 0.25) is 5.95 Å². The van der Waals surface area contributed by atoms with Crippen LogP contribution in [0.2, 0.25) is 5.02 Å². The van der Waals surface area contributed by atoms with Crippen molar-refractivity contribution < 1.29 is 9.18 Å². The average Bonchev–Trinajstić information content (AvgIpc) is 2.38. The highest BCUT2D eigenvalue weighted by Gasteiger charge is 2.06. The van der Waals surface area contributed by atoms with E-state index >= 15 is 0 Å². The zero-order valence-electron chi connectivity index (χ0n) is 9.36. The van der Waals surface area contributed by atoms with E-state index < -0.39 is 5.95 Å². The van der Waals surface area contributed by atoms with E-state index in [4.69, 9.17) is 11.6 Å². The smallest absolute Gasteiger partial charge is 0.253 e. The normalized spacial score (nSPS) is 10.1. The Morgan fingerprint density at radius 2 is 2.06 bits per heavy atom. The summed E-state index contributed by atoms with van der Waals surface area (Å²) in [5, 5.41) is 3.28. The lowest BCUT2D eigenvalue weighted by atomic mass is 10.2. The third-order valence-corrected chi connectivity index (χ3v) is 2.76. The topological polar surface area (TPSA) is 42.0 Å². The quantitative estimate of drug-likeness (QED) is 0.866. The van der Waals surface area contributed by atoms with Gasteiger partial charge in [-0.05, 0) is 23.8 Å². The molecule has 0 bridgehead atoms. The third kappa shape index (κ3) is 3.05. The Morgan fingerprint density at radius 1 is 1.28 bits per heavy atom. The molecule has 2 rings (SSSR count). The highest BCUT2D eigenvalue weighted by Crippen LogP contribution is 2.14. The fourth-order valence-corrected chi connectivity index (χ4v) is 1.63. The Hall–Kier alpha value is -1.94. The summed E-state index contributed by atoms with van der Waals surface area (Å²) in [5.74, 6) is -0.930. The molecule has 1 aromatic heterocycles. The van der Waals surface area contributed by atoms with Crippen LogP contribution in [0.4, 0.5) is 4.39 Å². The molecule has 0 saturated heterocycles. The van der Waals surface area contributed by atoms with Crippen molar-refractivity contribution in [3.8, 4) is 0 Å². The molecule has 1 amide bonds. The SMILES string of the molecule is O=C(NCc1ccccc1Cl)c1ccc(F)nc1. The van der Waals surface area contributed by atoms with Crippen LogP contribution in [0.1, 0.15) is 15.9 Å². The zero-order chi connectivity index (χ0) is 13.0. The molecule has 5 heteroatoms. The monoisotopic (exact) mass is 264 g/mol. The van der Waals surface area contributed by atoms with Crippen molar-refractivity contribution in [2.75, 3.05) is 0 Å². The van der Waals surface area contributed by atoms with E-state index in [1.54, 1.807) is 6.07 Å². The number of rotatable bonds is 3. The molecule has 0 atom stereocenters.